The molecule has 2 aliphatic heterocycles. The highest BCUT2D eigenvalue weighted by atomic mass is 16.5. The average molecular weight is 633 g/mol. The summed E-state index contributed by atoms with van der Waals surface area (Å²) in [4.78, 5) is 22.5. The van der Waals surface area contributed by atoms with Gasteiger partial charge in [-0.1, -0.05) is 60.7 Å². The molecule has 2 aromatic heterocycles. The molecular weight excluding hydrogens is 592 g/mol. The lowest BCUT2D eigenvalue weighted by molar-refractivity contribution is 0.0997. The van der Waals surface area contributed by atoms with Crippen LogP contribution in [0.3, 0.4) is 0 Å². The van der Waals surface area contributed by atoms with Gasteiger partial charge >= 0.3 is 6.09 Å². The van der Waals surface area contributed by atoms with Crippen molar-refractivity contribution in [2.45, 2.75) is 19.6 Å². The first kappa shape index (κ1) is 30.6. The molecule has 0 radical (unpaired) electrons. The summed E-state index contributed by atoms with van der Waals surface area (Å²) in [5, 5.41) is 15.3. The summed E-state index contributed by atoms with van der Waals surface area (Å²) < 4.78 is 14.3. The molecule has 2 saturated heterocycles. The summed E-state index contributed by atoms with van der Waals surface area (Å²) in [6.45, 7) is 6.57. The third kappa shape index (κ3) is 7.02. The van der Waals surface area contributed by atoms with Crippen molar-refractivity contribution in [3.63, 3.8) is 0 Å². The summed E-state index contributed by atoms with van der Waals surface area (Å²) in [5.41, 5.74) is 5.99. The van der Waals surface area contributed by atoms with Crippen LogP contribution >= 0.6 is 0 Å². The van der Waals surface area contributed by atoms with Gasteiger partial charge in [-0.3, -0.25) is 9.58 Å². The van der Waals surface area contributed by atoms with Gasteiger partial charge in [0.05, 0.1) is 11.1 Å². The molecule has 7 rings (SSSR count). The second kappa shape index (κ2) is 13.7. The van der Waals surface area contributed by atoms with Crippen molar-refractivity contribution in [3.8, 4) is 23.0 Å². The number of rotatable bonds is 10. The van der Waals surface area contributed by atoms with Crippen LogP contribution in [0, 0.1) is 5.92 Å². The molecule has 5 aromatic rings. The van der Waals surface area contributed by atoms with Crippen LogP contribution in [0.2, 0.25) is 0 Å². The van der Waals surface area contributed by atoms with Crippen molar-refractivity contribution in [1.29, 1.82) is 0 Å². The smallest absolute Gasteiger partial charge is 0.407 e. The number of benzene rings is 3. The maximum atomic E-state index is 11.3. The molecule has 10 nitrogen and oxygen atoms in total. The number of hydrogen-bond acceptors (Lipinski definition) is 7. The van der Waals surface area contributed by atoms with Gasteiger partial charge in [0, 0.05) is 70.0 Å². The van der Waals surface area contributed by atoms with Crippen LogP contribution in [0.1, 0.15) is 17.5 Å². The van der Waals surface area contributed by atoms with E-state index in [2.05, 4.69) is 28.0 Å². The number of amides is 1. The molecule has 4 heterocycles. The zero-order valence-electron chi connectivity index (χ0n) is 26.7. The number of hydrogen-bond donors (Lipinski definition) is 1. The molecule has 10 heteroatoms. The van der Waals surface area contributed by atoms with E-state index >= 15 is 0 Å². The summed E-state index contributed by atoms with van der Waals surface area (Å²) >= 11 is 0. The number of carboxylic acid groups (broad SMARTS) is 1. The second-order valence-corrected chi connectivity index (χ2v) is 12.4. The predicted molar refractivity (Wildman–Crippen MR) is 182 cm³/mol. The minimum Gasteiger partial charge on any atom is -0.473 e. The number of pyridine rings is 1. The van der Waals surface area contributed by atoms with Crippen molar-refractivity contribution in [1.82, 2.24) is 24.6 Å². The minimum atomic E-state index is -0.817. The topological polar surface area (TPSA) is 96.2 Å². The largest absolute Gasteiger partial charge is 0.473 e. The van der Waals surface area contributed by atoms with Gasteiger partial charge in [-0.2, -0.15) is 10.1 Å². The molecule has 0 saturated carbocycles. The quantitative estimate of drug-likeness (QED) is 0.203. The fraction of sp³-hybridized carbons (Fsp3) is 0.324. The molecule has 1 N–H and O–H groups in total. The van der Waals surface area contributed by atoms with Gasteiger partial charge in [-0.05, 0) is 47.7 Å². The highest BCUT2D eigenvalue weighted by molar-refractivity contribution is 5.96. The normalized spacial score (nSPS) is 16.9. The summed E-state index contributed by atoms with van der Waals surface area (Å²) in [5.74, 6) is 1.53. The molecule has 0 unspecified atom stereocenters. The third-order valence-electron chi connectivity index (χ3n) is 9.18. The molecular formula is C37H40N6O4. The Hall–Kier alpha value is -5.09. The maximum Gasteiger partial charge on any atom is 0.407 e. The van der Waals surface area contributed by atoms with Crippen LogP contribution in [0.4, 0.5) is 10.5 Å². The average Bonchev–Trinajstić information content (AvgIpc) is 3.71. The van der Waals surface area contributed by atoms with Crippen LogP contribution in [0.25, 0.3) is 22.2 Å². The Morgan fingerprint density at radius 2 is 1.55 bits per heavy atom. The summed E-state index contributed by atoms with van der Waals surface area (Å²) in [7, 11) is 1.98. The van der Waals surface area contributed by atoms with Gasteiger partial charge in [0.2, 0.25) is 11.8 Å². The van der Waals surface area contributed by atoms with Crippen molar-refractivity contribution in [2.24, 2.45) is 13.0 Å². The lowest BCUT2D eigenvalue weighted by Gasteiger charge is -2.34. The van der Waals surface area contributed by atoms with Gasteiger partial charge < -0.3 is 24.4 Å². The monoisotopic (exact) mass is 632 g/mol. The van der Waals surface area contributed by atoms with Crippen LogP contribution in [0.5, 0.6) is 11.8 Å². The number of anilines is 1. The second-order valence-electron chi connectivity index (χ2n) is 12.4. The minimum absolute atomic E-state index is 0.378. The highest BCUT2D eigenvalue weighted by Crippen LogP contribution is 2.37. The molecule has 3 aromatic carbocycles. The number of nitrogens with zero attached hydrogens (tertiary/aromatic N) is 6. The number of piperazine rings is 1. The van der Waals surface area contributed by atoms with E-state index in [1.165, 1.54) is 10.6 Å². The lowest BCUT2D eigenvalue weighted by atomic mass is 10.1. The van der Waals surface area contributed by atoms with Gasteiger partial charge in [0.1, 0.15) is 18.9 Å². The molecule has 242 valence electrons. The molecule has 0 aliphatic carbocycles. The van der Waals surface area contributed by atoms with Crippen LogP contribution in [-0.2, 0) is 20.3 Å². The number of aryl methyl sites for hydroxylation is 1. The Bertz CT molecular complexity index is 1820. The first-order chi connectivity index (χ1) is 23.0. The van der Waals surface area contributed by atoms with E-state index in [-0.39, 0.29) is 0 Å². The van der Waals surface area contributed by atoms with Gasteiger partial charge in [-0.15, -0.1) is 0 Å². The Morgan fingerprint density at radius 1 is 0.851 bits per heavy atom. The number of aromatic nitrogens is 3. The zero-order valence-corrected chi connectivity index (χ0v) is 26.7. The van der Waals surface area contributed by atoms with Crippen molar-refractivity contribution in [2.75, 3.05) is 50.7 Å². The van der Waals surface area contributed by atoms with E-state index in [9.17, 15) is 9.90 Å². The first-order valence-corrected chi connectivity index (χ1v) is 16.3. The third-order valence-corrected chi connectivity index (χ3v) is 9.18. The van der Waals surface area contributed by atoms with Crippen LogP contribution in [-0.4, -0.2) is 81.6 Å². The van der Waals surface area contributed by atoms with E-state index in [1.54, 1.807) is 0 Å². The molecule has 1 amide bonds. The molecule has 0 bridgehead atoms. The number of carbonyl (C=O) groups is 1. The standard InChI is InChI=1S/C37H40N6O4/c1-40-33-22-30(43-17-16-29(24-43)23-41-18-20-42(21-19-41)37(44)45)12-13-31(33)35(39-40)32-14-15-34(46-25-27-8-4-2-5-9-27)38-36(32)47-26-28-10-6-3-7-11-28/h2-15,22,29H,16-21,23-26H2,1H3,(H,44,45)/t29-/m0/s1. The fourth-order valence-corrected chi connectivity index (χ4v) is 6.60. The summed E-state index contributed by atoms with van der Waals surface area (Å²) in [6.07, 6.45) is 0.308. The first-order valence-electron chi connectivity index (χ1n) is 16.3. The molecule has 0 spiro atoms. The van der Waals surface area contributed by atoms with E-state index in [1.807, 2.05) is 84.5 Å². The lowest BCUT2D eigenvalue weighted by Crippen LogP contribution is -2.49. The van der Waals surface area contributed by atoms with Gasteiger partial charge in [0.15, 0.2) is 0 Å². The van der Waals surface area contributed by atoms with E-state index in [4.69, 9.17) is 19.6 Å². The van der Waals surface area contributed by atoms with Crippen molar-refractivity contribution < 1.29 is 19.4 Å². The Kier molecular flexibility index (Phi) is 8.92. The Morgan fingerprint density at radius 3 is 2.26 bits per heavy atom. The van der Waals surface area contributed by atoms with Crippen molar-refractivity contribution in [3.05, 3.63) is 102 Å². The Labute approximate surface area is 274 Å². The number of ether oxygens (including phenoxy) is 2. The van der Waals surface area contributed by atoms with Gasteiger partial charge in [-0.25, -0.2) is 4.79 Å². The summed E-state index contributed by atoms with van der Waals surface area (Å²) in [6, 6.07) is 30.6. The predicted octanol–water partition coefficient (Wildman–Crippen LogP) is 5.92. The van der Waals surface area contributed by atoms with E-state index in [0.717, 1.165) is 72.4 Å². The molecule has 1 atom stereocenters. The van der Waals surface area contributed by atoms with Crippen LogP contribution < -0.4 is 14.4 Å². The Balaban J connectivity index is 1.09. The highest BCUT2D eigenvalue weighted by Gasteiger charge is 2.28. The van der Waals surface area contributed by atoms with E-state index in [0.29, 0.717) is 44.0 Å². The zero-order chi connectivity index (χ0) is 32.2. The van der Waals surface area contributed by atoms with Crippen molar-refractivity contribution >= 4 is 22.7 Å². The SMILES string of the molecule is Cn1nc(-c2ccc(OCc3ccccc3)nc2OCc2ccccc2)c2ccc(N3CC[C@@H](CN4CCN(C(=O)O)CC4)C3)cc21. The number of fused-ring (bicyclic) bond motifs is 1. The molecule has 2 fully saturated rings. The van der Waals surface area contributed by atoms with Crippen LogP contribution in [0.15, 0.2) is 91.0 Å². The fourth-order valence-electron chi connectivity index (χ4n) is 6.60. The molecule has 47 heavy (non-hydrogen) atoms. The maximum absolute atomic E-state index is 11.3. The molecule has 2 aliphatic rings. The van der Waals surface area contributed by atoms with E-state index < -0.39 is 6.09 Å². The van der Waals surface area contributed by atoms with Gasteiger partial charge in [0.25, 0.3) is 0 Å².